The van der Waals surface area contributed by atoms with Crippen molar-refractivity contribution in [1.82, 2.24) is 0 Å². The molecule has 1 atom stereocenters. The summed E-state index contributed by atoms with van der Waals surface area (Å²) in [4.78, 5) is 32.7. The molecule has 1 rings (SSSR count). The second-order valence-electron chi connectivity index (χ2n) is 3.54. The van der Waals surface area contributed by atoms with Crippen molar-refractivity contribution in [2.24, 2.45) is 0 Å². The first-order valence-corrected chi connectivity index (χ1v) is 5.76. The lowest BCUT2D eigenvalue weighted by atomic mass is 10.4. The second-order valence-corrected chi connectivity index (χ2v) is 3.91. The smallest absolute Gasteiger partial charge is 0.348 e. The van der Waals surface area contributed by atoms with Gasteiger partial charge in [0.15, 0.2) is 5.22 Å². The Morgan fingerprint density at radius 1 is 1.45 bits per heavy atom. The van der Waals surface area contributed by atoms with Crippen LogP contribution >= 0.6 is 11.6 Å². The minimum Gasteiger partial charge on any atom is -0.478 e. The van der Waals surface area contributed by atoms with Crippen molar-refractivity contribution in [3.8, 4) is 0 Å². The molecule has 0 aromatic carbocycles. The zero-order chi connectivity index (χ0) is 15.1. The van der Waals surface area contributed by atoms with Crippen LogP contribution in [0.5, 0.6) is 0 Å². The number of carbonyl (C=O) groups excluding carboxylic acids is 2. The molecule has 0 radical (unpaired) electrons. The molecule has 0 aliphatic carbocycles. The maximum atomic E-state index is 11.3. The molecule has 1 aromatic heterocycles. The molecule has 1 N–H and O–H groups in total. The molecular weight excluding hydrogens is 292 g/mol. The lowest BCUT2D eigenvalue weighted by molar-refractivity contribution is -0.168. The van der Waals surface area contributed by atoms with Gasteiger partial charge in [-0.2, -0.15) is 0 Å². The third-order valence-electron chi connectivity index (χ3n) is 1.94. The van der Waals surface area contributed by atoms with Gasteiger partial charge in [-0.15, -0.1) is 0 Å². The van der Waals surface area contributed by atoms with Gasteiger partial charge in [0, 0.05) is 13.0 Å². The Labute approximate surface area is 118 Å². The van der Waals surface area contributed by atoms with Gasteiger partial charge in [-0.3, -0.25) is 4.79 Å². The third-order valence-corrected chi connectivity index (χ3v) is 2.14. The predicted molar refractivity (Wildman–Crippen MR) is 66.9 cm³/mol. The molecule has 8 heteroatoms. The standard InChI is InChI=1S/C12H11ClO7/c1-7(14)19-9(12(16)17)6-18-11(15)5-3-8-2-4-10(13)20-8/h2-5,9H,6H2,1H3,(H,16,17)/b5-3+/t9-/m0/s1. The van der Waals surface area contributed by atoms with Crippen LogP contribution in [0.1, 0.15) is 12.7 Å². The van der Waals surface area contributed by atoms with Crippen molar-refractivity contribution < 1.29 is 33.4 Å². The summed E-state index contributed by atoms with van der Waals surface area (Å²) in [5.74, 6) is -2.67. The molecule has 0 saturated carbocycles. The van der Waals surface area contributed by atoms with E-state index in [2.05, 4.69) is 9.47 Å². The number of carboxylic acids is 1. The molecule has 0 amide bonds. The van der Waals surface area contributed by atoms with E-state index in [1.54, 1.807) is 0 Å². The molecule has 0 saturated heterocycles. The summed E-state index contributed by atoms with van der Waals surface area (Å²) < 4.78 is 14.0. The Bertz CT molecular complexity index is 532. The molecule has 0 fully saturated rings. The first kappa shape index (κ1) is 15.8. The lowest BCUT2D eigenvalue weighted by Gasteiger charge is -2.11. The maximum Gasteiger partial charge on any atom is 0.348 e. The van der Waals surface area contributed by atoms with E-state index >= 15 is 0 Å². The summed E-state index contributed by atoms with van der Waals surface area (Å²) >= 11 is 5.53. The van der Waals surface area contributed by atoms with Gasteiger partial charge in [-0.25, -0.2) is 9.59 Å². The number of hydrogen-bond donors (Lipinski definition) is 1. The quantitative estimate of drug-likeness (QED) is 0.627. The van der Waals surface area contributed by atoms with Gasteiger partial charge >= 0.3 is 17.9 Å². The number of carboxylic acid groups (broad SMARTS) is 1. The van der Waals surface area contributed by atoms with Crippen molar-refractivity contribution in [2.45, 2.75) is 13.0 Å². The van der Waals surface area contributed by atoms with Gasteiger partial charge in [0.25, 0.3) is 0 Å². The highest BCUT2D eigenvalue weighted by Gasteiger charge is 2.22. The normalized spacial score (nSPS) is 12.1. The van der Waals surface area contributed by atoms with Crippen LogP contribution in [-0.4, -0.2) is 35.7 Å². The zero-order valence-electron chi connectivity index (χ0n) is 10.4. The fourth-order valence-corrected chi connectivity index (χ4v) is 1.28. The first-order valence-electron chi connectivity index (χ1n) is 5.38. The van der Waals surface area contributed by atoms with Crippen LogP contribution in [0, 0.1) is 0 Å². The number of furan rings is 1. The van der Waals surface area contributed by atoms with Crippen LogP contribution in [0.2, 0.25) is 5.22 Å². The van der Waals surface area contributed by atoms with Crippen molar-refractivity contribution >= 4 is 35.6 Å². The topological polar surface area (TPSA) is 103 Å². The molecule has 20 heavy (non-hydrogen) atoms. The summed E-state index contributed by atoms with van der Waals surface area (Å²) in [5, 5.41) is 8.90. The molecule has 0 spiro atoms. The van der Waals surface area contributed by atoms with Gasteiger partial charge in [0.05, 0.1) is 0 Å². The Balaban J connectivity index is 2.47. The number of halogens is 1. The van der Waals surface area contributed by atoms with Crippen LogP contribution < -0.4 is 0 Å². The molecule has 108 valence electrons. The summed E-state index contributed by atoms with van der Waals surface area (Å²) in [6.07, 6.45) is 0.792. The number of rotatable bonds is 6. The molecule has 0 bridgehead atoms. The van der Waals surface area contributed by atoms with Crippen LogP contribution in [-0.2, 0) is 23.9 Å². The summed E-state index contributed by atoms with van der Waals surface area (Å²) in [5.41, 5.74) is 0. The van der Waals surface area contributed by atoms with Gasteiger partial charge in [-0.1, -0.05) is 0 Å². The molecule has 1 heterocycles. The van der Waals surface area contributed by atoms with E-state index in [1.165, 1.54) is 18.2 Å². The highest BCUT2D eigenvalue weighted by Crippen LogP contribution is 2.14. The molecule has 1 aromatic rings. The van der Waals surface area contributed by atoms with Crippen LogP contribution in [0.4, 0.5) is 0 Å². The van der Waals surface area contributed by atoms with Crippen molar-refractivity contribution in [3.63, 3.8) is 0 Å². The van der Waals surface area contributed by atoms with Crippen molar-refractivity contribution in [2.75, 3.05) is 6.61 Å². The minimum atomic E-state index is -1.54. The Kier molecular flexibility index (Phi) is 5.79. The minimum absolute atomic E-state index is 0.166. The van der Waals surface area contributed by atoms with E-state index in [0.29, 0.717) is 5.76 Å². The molecule has 0 aliphatic rings. The zero-order valence-corrected chi connectivity index (χ0v) is 11.1. The van der Waals surface area contributed by atoms with Crippen LogP contribution in [0.25, 0.3) is 6.08 Å². The highest BCUT2D eigenvalue weighted by molar-refractivity contribution is 6.28. The number of hydrogen-bond acceptors (Lipinski definition) is 6. The molecule has 0 aliphatic heterocycles. The summed E-state index contributed by atoms with van der Waals surface area (Å²) in [6, 6.07) is 3.03. The number of ether oxygens (including phenoxy) is 2. The van der Waals surface area contributed by atoms with Gasteiger partial charge in [-0.05, 0) is 29.8 Å². The average molecular weight is 303 g/mol. The van der Waals surface area contributed by atoms with Crippen LogP contribution in [0.3, 0.4) is 0 Å². The van der Waals surface area contributed by atoms with Crippen molar-refractivity contribution in [3.05, 3.63) is 29.2 Å². The highest BCUT2D eigenvalue weighted by atomic mass is 35.5. The third kappa shape index (κ3) is 5.57. The van der Waals surface area contributed by atoms with E-state index in [-0.39, 0.29) is 5.22 Å². The van der Waals surface area contributed by atoms with E-state index in [9.17, 15) is 14.4 Å². The number of aliphatic carboxylic acids is 1. The average Bonchev–Trinajstić information content (AvgIpc) is 2.77. The van der Waals surface area contributed by atoms with Gasteiger partial charge in [0.1, 0.15) is 12.4 Å². The summed E-state index contributed by atoms with van der Waals surface area (Å²) in [6.45, 7) is 0.468. The molecule has 7 nitrogen and oxygen atoms in total. The fourth-order valence-electron chi connectivity index (χ4n) is 1.13. The van der Waals surface area contributed by atoms with E-state index in [0.717, 1.165) is 13.0 Å². The monoisotopic (exact) mass is 302 g/mol. The predicted octanol–water partition coefficient (Wildman–Crippen LogP) is 1.51. The lowest BCUT2D eigenvalue weighted by Crippen LogP contribution is -2.31. The van der Waals surface area contributed by atoms with Gasteiger partial charge < -0.3 is 19.0 Å². The SMILES string of the molecule is CC(=O)O[C@@H](COC(=O)/C=C/c1ccc(Cl)o1)C(=O)O. The number of carbonyl (C=O) groups is 3. The fraction of sp³-hybridized carbons (Fsp3) is 0.250. The Morgan fingerprint density at radius 2 is 2.15 bits per heavy atom. The van der Waals surface area contributed by atoms with E-state index in [4.69, 9.17) is 21.1 Å². The first-order chi connectivity index (χ1) is 9.38. The number of esters is 2. The van der Waals surface area contributed by atoms with Crippen molar-refractivity contribution in [1.29, 1.82) is 0 Å². The van der Waals surface area contributed by atoms with Crippen LogP contribution in [0.15, 0.2) is 22.6 Å². The Morgan fingerprint density at radius 3 is 2.65 bits per heavy atom. The largest absolute Gasteiger partial charge is 0.478 e. The maximum absolute atomic E-state index is 11.3. The van der Waals surface area contributed by atoms with E-state index in [1.807, 2.05) is 0 Å². The Hall–Kier alpha value is -2.28. The van der Waals surface area contributed by atoms with E-state index < -0.39 is 30.6 Å². The van der Waals surface area contributed by atoms with Gasteiger partial charge in [0.2, 0.25) is 6.10 Å². The second kappa shape index (κ2) is 7.34. The molecule has 0 unspecified atom stereocenters. The molecular formula is C12H11ClO7. The summed E-state index contributed by atoms with van der Waals surface area (Å²) in [7, 11) is 0.